The molecule has 0 bridgehead atoms. The van der Waals surface area contributed by atoms with Crippen LogP contribution < -0.4 is 5.32 Å². The minimum Gasteiger partial charge on any atom is -0.389 e. The molecule has 1 rings (SSSR count). The summed E-state index contributed by atoms with van der Waals surface area (Å²) in [4.78, 5) is 0. The summed E-state index contributed by atoms with van der Waals surface area (Å²) in [6.45, 7) is 7.43. The third-order valence-corrected chi connectivity index (χ3v) is 2.16. The Balaban J connectivity index is 2.14. The summed E-state index contributed by atoms with van der Waals surface area (Å²) < 4.78 is 7.25. The molecule has 0 aliphatic heterocycles. The van der Waals surface area contributed by atoms with Gasteiger partial charge >= 0.3 is 0 Å². The highest BCUT2D eigenvalue weighted by Gasteiger charge is 2.13. The summed E-state index contributed by atoms with van der Waals surface area (Å²) in [5.41, 5.74) is 0.763. The lowest BCUT2D eigenvalue weighted by atomic mass is 10.2. The summed E-state index contributed by atoms with van der Waals surface area (Å²) in [5, 5.41) is 17.1. The third-order valence-electron chi connectivity index (χ3n) is 2.16. The quantitative estimate of drug-likeness (QED) is 0.769. The van der Waals surface area contributed by atoms with Gasteiger partial charge in [-0.3, -0.25) is 4.68 Å². The van der Waals surface area contributed by atoms with Crippen LogP contribution in [0.15, 0.2) is 12.3 Å². The predicted molar refractivity (Wildman–Crippen MR) is 66.6 cm³/mol. The Morgan fingerprint density at radius 1 is 1.53 bits per heavy atom. The van der Waals surface area contributed by atoms with E-state index in [0.717, 1.165) is 5.69 Å². The van der Waals surface area contributed by atoms with E-state index >= 15 is 0 Å². The highest BCUT2D eigenvalue weighted by atomic mass is 16.5. The van der Waals surface area contributed by atoms with Crippen molar-refractivity contribution in [1.29, 1.82) is 0 Å². The molecular weight excluding hydrogens is 218 g/mol. The number of aromatic nitrogens is 2. The van der Waals surface area contributed by atoms with Gasteiger partial charge in [0.25, 0.3) is 0 Å². The van der Waals surface area contributed by atoms with Gasteiger partial charge in [-0.05, 0) is 26.8 Å². The van der Waals surface area contributed by atoms with Crippen molar-refractivity contribution >= 4 is 0 Å². The van der Waals surface area contributed by atoms with Crippen LogP contribution in [0.2, 0.25) is 0 Å². The first kappa shape index (κ1) is 14.2. The topological polar surface area (TPSA) is 59.3 Å². The van der Waals surface area contributed by atoms with Crippen molar-refractivity contribution < 1.29 is 9.84 Å². The number of aryl methyl sites for hydroxylation is 1. The number of rotatable bonds is 6. The molecule has 1 atom stereocenters. The second kappa shape index (κ2) is 6.14. The number of nitrogens with one attached hydrogen (secondary N) is 1. The van der Waals surface area contributed by atoms with E-state index in [0.29, 0.717) is 19.7 Å². The molecule has 1 aromatic rings. The standard InChI is InChI=1S/C12H23N3O2/c1-12(2,3)17-9-11(16)8-13-7-10-5-6-15(4)14-10/h5-6,11,13,16H,7-9H2,1-4H3. The maximum atomic E-state index is 9.68. The van der Waals surface area contributed by atoms with Gasteiger partial charge in [0.1, 0.15) is 0 Å². The average molecular weight is 241 g/mol. The van der Waals surface area contributed by atoms with Gasteiger partial charge in [0.05, 0.1) is 24.0 Å². The van der Waals surface area contributed by atoms with Crippen molar-refractivity contribution in [1.82, 2.24) is 15.1 Å². The third kappa shape index (κ3) is 6.41. The van der Waals surface area contributed by atoms with Crippen LogP contribution in [0.5, 0.6) is 0 Å². The molecule has 2 N–H and O–H groups in total. The molecule has 0 aliphatic rings. The smallest absolute Gasteiger partial charge is 0.0898 e. The Bertz CT molecular complexity index is 331. The highest BCUT2D eigenvalue weighted by Crippen LogP contribution is 2.06. The van der Waals surface area contributed by atoms with Crippen molar-refractivity contribution in [2.75, 3.05) is 13.2 Å². The van der Waals surface area contributed by atoms with E-state index in [1.54, 1.807) is 4.68 Å². The van der Waals surface area contributed by atoms with Gasteiger partial charge in [-0.15, -0.1) is 0 Å². The Morgan fingerprint density at radius 3 is 2.76 bits per heavy atom. The monoisotopic (exact) mass is 241 g/mol. The Labute approximate surface area is 103 Å². The molecule has 0 saturated heterocycles. The van der Waals surface area contributed by atoms with Gasteiger partial charge in [0, 0.05) is 26.3 Å². The fraction of sp³-hybridized carbons (Fsp3) is 0.750. The number of ether oxygens (including phenoxy) is 1. The van der Waals surface area contributed by atoms with Gasteiger partial charge in [0.2, 0.25) is 0 Å². The maximum Gasteiger partial charge on any atom is 0.0898 e. The fourth-order valence-corrected chi connectivity index (χ4v) is 1.33. The van der Waals surface area contributed by atoms with E-state index in [1.165, 1.54) is 0 Å². The van der Waals surface area contributed by atoms with Crippen molar-refractivity contribution in [2.45, 2.75) is 39.0 Å². The molecule has 0 spiro atoms. The number of aliphatic hydroxyl groups is 1. The molecule has 0 aliphatic carbocycles. The van der Waals surface area contributed by atoms with Gasteiger partial charge in [-0.2, -0.15) is 5.10 Å². The summed E-state index contributed by atoms with van der Waals surface area (Å²) in [6, 6.07) is 1.95. The van der Waals surface area contributed by atoms with Gasteiger partial charge < -0.3 is 15.2 Å². The molecule has 0 saturated carbocycles. The van der Waals surface area contributed by atoms with E-state index in [-0.39, 0.29) is 5.60 Å². The maximum absolute atomic E-state index is 9.68. The molecule has 0 radical (unpaired) electrons. The molecule has 1 aromatic heterocycles. The molecule has 1 heterocycles. The number of hydrogen-bond donors (Lipinski definition) is 2. The van der Waals surface area contributed by atoms with Crippen LogP contribution in [-0.4, -0.2) is 39.7 Å². The number of hydrogen-bond acceptors (Lipinski definition) is 4. The first-order chi connectivity index (χ1) is 7.87. The normalized spacial score (nSPS) is 13.9. The lowest BCUT2D eigenvalue weighted by molar-refractivity contribution is -0.0479. The van der Waals surface area contributed by atoms with Crippen LogP contribution in [0, 0.1) is 0 Å². The zero-order valence-electron chi connectivity index (χ0n) is 11.1. The second-order valence-corrected chi connectivity index (χ2v) is 5.19. The molecule has 1 unspecified atom stereocenters. The van der Waals surface area contributed by atoms with Crippen molar-refractivity contribution in [2.24, 2.45) is 7.05 Å². The van der Waals surface area contributed by atoms with Crippen LogP contribution in [-0.2, 0) is 18.3 Å². The van der Waals surface area contributed by atoms with Crippen LogP contribution in [0.4, 0.5) is 0 Å². The van der Waals surface area contributed by atoms with Gasteiger partial charge in [-0.1, -0.05) is 0 Å². The van der Waals surface area contributed by atoms with Gasteiger partial charge in [-0.25, -0.2) is 0 Å². The largest absolute Gasteiger partial charge is 0.389 e. The number of aliphatic hydroxyl groups excluding tert-OH is 1. The van der Waals surface area contributed by atoms with Crippen LogP contribution >= 0.6 is 0 Å². The summed E-state index contributed by atoms with van der Waals surface area (Å²) in [7, 11) is 1.88. The van der Waals surface area contributed by atoms with Crippen LogP contribution in [0.25, 0.3) is 0 Å². The Morgan fingerprint density at radius 2 is 2.24 bits per heavy atom. The minimum atomic E-state index is -0.488. The number of nitrogens with zero attached hydrogens (tertiary/aromatic N) is 2. The van der Waals surface area contributed by atoms with Gasteiger partial charge in [0.15, 0.2) is 0 Å². The SMILES string of the molecule is Cn1ccc(CNCC(O)COC(C)(C)C)n1. The lowest BCUT2D eigenvalue weighted by Crippen LogP contribution is -2.33. The molecule has 0 aromatic carbocycles. The van der Waals surface area contributed by atoms with E-state index in [2.05, 4.69) is 10.4 Å². The van der Waals surface area contributed by atoms with E-state index in [9.17, 15) is 5.11 Å². The molecule has 98 valence electrons. The van der Waals surface area contributed by atoms with E-state index in [1.807, 2.05) is 40.1 Å². The minimum absolute atomic E-state index is 0.206. The summed E-state index contributed by atoms with van der Waals surface area (Å²) >= 11 is 0. The molecule has 5 heteroatoms. The zero-order valence-corrected chi connectivity index (χ0v) is 11.1. The van der Waals surface area contributed by atoms with Crippen molar-refractivity contribution in [3.05, 3.63) is 18.0 Å². The first-order valence-electron chi connectivity index (χ1n) is 5.88. The second-order valence-electron chi connectivity index (χ2n) is 5.19. The highest BCUT2D eigenvalue weighted by molar-refractivity contribution is 4.97. The Kier molecular flexibility index (Phi) is 5.11. The Hall–Kier alpha value is -0.910. The summed E-state index contributed by atoms with van der Waals surface area (Å²) in [6.07, 6.45) is 1.41. The van der Waals surface area contributed by atoms with Crippen molar-refractivity contribution in [3.63, 3.8) is 0 Å². The molecule has 5 nitrogen and oxygen atoms in total. The summed E-state index contributed by atoms with van der Waals surface area (Å²) in [5.74, 6) is 0. The molecule has 17 heavy (non-hydrogen) atoms. The van der Waals surface area contributed by atoms with Crippen molar-refractivity contribution in [3.8, 4) is 0 Å². The van der Waals surface area contributed by atoms with Crippen LogP contribution in [0.3, 0.4) is 0 Å². The predicted octanol–water partition coefficient (Wildman–Crippen LogP) is 0.686. The van der Waals surface area contributed by atoms with E-state index < -0.39 is 6.10 Å². The molecule has 0 amide bonds. The molecular formula is C12H23N3O2. The fourth-order valence-electron chi connectivity index (χ4n) is 1.33. The zero-order chi connectivity index (χ0) is 12.9. The van der Waals surface area contributed by atoms with E-state index in [4.69, 9.17) is 4.74 Å². The average Bonchev–Trinajstić information content (AvgIpc) is 2.60. The first-order valence-corrected chi connectivity index (χ1v) is 5.88. The molecule has 0 fully saturated rings. The van der Waals surface area contributed by atoms with Crippen LogP contribution in [0.1, 0.15) is 26.5 Å². The lowest BCUT2D eigenvalue weighted by Gasteiger charge is -2.22.